The normalized spacial score (nSPS) is 58.4. The van der Waals surface area contributed by atoms with Crippen molar-refractivity contribution in [1.82, 2.24) is 0 Å². The van der Waals surface area contributed by atoms with Crippen molar-refractivity contribution in [2.45, 2.75) is 256 Å². The molecular formula is C56H92O30. The fourth-order valence-corrected chi connectivity index (χ4v) is 17.5. The second-order valence-electron chi connectivity index (χ2n) is 27.1. The minimum atomic E-state index is -3.45. The zero-order chi connectivity index (χ0) is 62.0. The fraction of sp³-hybridized carbons (Fsp3) is 1.00. The summed E-state index contributed by atoms with van der Waals surface area (Å²) in [5, 5.41) is 200. The molecule has 0 aromatic heterocycles. The van der Waals surface area contributed by atoms with Gasteiger partial charge in [-0.1, -0.05) is 27.7 Å². The van der Waals surface area contributed by atoms with Crippen molar-refractivity contribution >= 4 is 0 Å². The van der Waals surface area contributed by atoms with Gasteiger partial charge in [0, 0.05) is 18.3 Å². The first-order valence-electron chi connectivity index (χ1n) is 30.6. The van der Waals surface area contributed by atoms with Crippen molar-refractivity contribution in [3.63, 3.8) is 0 Å². The molecule has 11 rings (SSSR count). The molecule has 4 aliphatic carbocycles. The predicted molar refractivity (Wildman–Crippen MR) is 279 cm³/mol. The standard InChI is InChI=1S/C56H92O30/c1-19-7-10-55(76-17-19)20(2)31-43(85-55)36(66)32-22-6-5-21-11-26(24(61)12-54(21,4)23(22)8-9-53(31,32)3)77-49-41(71)38(68)42(29(15-59)80-49)82-51-45(44(35(65)28(14-58)79-51)83-48-39(69)33(63)25(62)18-75-48)84-52-47(73)56(74,46(72)30(16-60)81-52)86-50-40(70)37(67)34(64)27(13-57)78-50/h19-52,57-74H,5-18H2,1-4H3/t19-,20+,21+,22-,23+,24-,25-,26-,27-,28-,29-,30-,31+,32-,33+,34-,35-,36+,37+,38-,39-,40-,41-,42+,43-,44+,45-,46+,47+,48+,49-,50+,51+,52+,53-,54+,55-,56+/m1/s1. The van der Waals surface area contributed by atoms with E-state index in [-0.39, 0.29) is 52.4 Å². The van der Waals surface area contributed by atoms with Crippen LogP contribution >= 0.6 is 0 Å². The first kappa shape index (κ1) is 66.3. The predicted octanol–water partition coefficient (Wildman–Crippen LogP) is -7.18. The zero-order valence-electron chi connectivity index (χ0n) is 48.5. The van der Waals surface area contributed by atoms with Gasteiger partial charge in [-0.15, -0.1) is 0 Å². The van der Waals surface area contributed by atoms with E-state index in [4.69, 9.17) is 56.8 Å². The maximum atomic E-state index is 12.3. The summed E-state index contributed by atoms with van der Waals surface area (Å²) in [5.41, 5.74) is -0.558. The van der Waals surface area contributed by atoms with Crippen LogP contribution in [0.3, 0.4) is 0 Å². The van der Waals surface area contributed by atoms with E-state index >= 15 is 0 Å². The molecule has 30 heteroatoms. The summed E-state index contributed by atoms with van der Waals surface area (Å²) in [6.07, 6.45) is -43.9. The summed E-state index contributed by atoms with van der Waals surface area (Å²) in [5.74, 6) is -3.15. The van der Waals surface area contributed by atoms with E-state index in [0.717, 1.165) is 38.5 Å². The molecule has 11 aliphatic rings. The Kier molecular flexibility index (Phi) is 19.5. The van der Waals surface area contributed by atoms with E-state index in [1.807, 2.05) is 0 Å². The molecule has 11 fully saturated rings. The highest BCUT2D eigenvalue weighted by Crippen LogP contribution is 2.71. The van der Waals surface area contributed by atoms with Crippen LogP contribution in [0.5, 0.6) is 0 Å². The molecule has 0 radical (unpaired) electrons. The Morgan fingerprint density at radius 3 is 1.78 bits per heavy atom. The first-order chi connectivity index (χ1) is 40.7. The van der Waals surface area contributed by atoms with Crippen molar-refractivity contribution in [3.05, 3.63) is 0 Å². The Hall–Kier alpha value is -1.20. The number of aliphatic hydroxyl groups excluding tert-OH is 17. The minimum Gasteiger partial charge on any atom is -0.394 e. The molecule has 0 aromatic carbocycles. The van der Waals surface area contributed by atoms with E-state index in [1.54, 1.807) is 0 Å². The third-order valence-corrected chi connectivity index (χ3v) is 22.3. The average Bonchev–Trinajstić information content (AvgIpc) is 1.49. The van der Waals surface area contributed by atoms with E-state index in [2.05, 4.69) is 27.7 Å². The monoisotopic (exact) mass is 1240 g/mol. The number of hydrogen-bond acceptors (Lipinski definition) is 30. The second kappa shape index (κ2) is 25.3. The number of rotatable bonds is 14. The molecule has 496 valence electrons. The molecule has 7 aliphatic heterocycles. The van der Waals surface area contributed by atoms with Gasteiger partial charge in [-0.25, -0.2) is 0 Å². The van der Waals surface area contributed by atoms with Crippen LogP contribution in [-0.2, 0) is 56.8 Å². The molecule has 0 amide bonds. The van der Waals surface area contributed by atoms with Crippen molar-refractivity contribution in [1.29, 1.82) is 0 Å². The Morgan fingerprint density at radius 1 is 0.488 bits per heavy atom. The summed E-state index contributed by atoms with van der Waals surface area (Å²) < 4.78 is 72.1. The molecule has 4 saturated carbocycles. The van der Waals surface area contributed by atoms with E-state index in [9.17, 15) is 91.9 Å². The van der Waals surface area contributed by atoms with Gasteiger partial charge in [-0.05, 0) is 85.4 Å². The Labute approximate surface area is 495 Å². The van der Waals surface area contributed by atoms with Gasteiger partial charge in [0.15, 0.2) is 43.3 Å². The molecular weight excluding hydrogens is 1150 g/mol. The zero-order valence-corrected chi connectivity index (χ0v) is 48.5. The van der Waals surface area contributed by atoms with Crippen LogP contribution < -0.4 is 0 Å². The van der Waals surface area contributed by atoms with Gasteiger partial charge in [0.1, 0.15) is 104 Å². The van der Waals surface area contributed by atoms with Crippen LogP contribution in [0.1, 0.15) is 79.1 Å². The summed E-state index contributed by atoms with van der Waals surface area (Å²) in [6.45, 7) is 4.80. The van der Waals surface area contributed by atoms with Crippen LogP contribution in [0.2, 0.25) is 0 Å². The van der Waals surface area contributed by atoms with Crippen molar-refractivity contribution < 1.29 is 149 Å². The van der Waals surface area contributed by atoms with Crippen LogP contribution in [0.25, 0.3) is 0 Å². The maximum absolute atomic E-state index is 12.3. The molecule has 0 bridgehead atoms. The molecule has 7 heterocycles. The molecule has 86 heavy (non-hydrogen) atoms. The molecule has 0 aromatic rings. The lowest BCUT2D eigenvalue weighted by Gasteiger charge is -2.62. The minimum absolute atomic E-state index is 0.0189. The molecule has 18 N–H and O–H groups in total. The Balaban J connectivity index is 0.804. The van der Waals surface area contributed by atoms with Crippen molar-refractivity contribution in [2.75, 3.05) is 39.6 Å². The van der Waals surface area contributed by atoms with Gasteiger partial charge in [0.25, 0.3) is 0 Å². The van der Waals surface area contributed by atoms with Crippen molar-refractivity contribution in [3.8, 4) is 0 Å². The summed E-state index contributed by atoms with van der Waals surface area (Å²) in [7, 11) is 0. The van der Waals surface area contributed by atoms with Gasteiger partial charge in [-0.2, -0.15) is 0 Å². The topological polar surface area (TPSA) is 475 Å². The Bertz CT molecular complexity index is 2270. The summed E-state index contributed by atoms with van der Waals surface area (Å²) in [4.78, 5) is 0. The number of fused-ring (bicyclic) bond motifs is 7. The highest BCUT2D eigenvalue weighted by Gasteiger charge is 2.73. The first-order valence-corrected chi connectivity index (χ1v) is 30.6. The van der Waals surface area contributed by atoms with Crippen LogP contribution in [0, 0.1) is 52.3 Å². The molecule has 0 unspecified atom stereocenters. The van der Waals surface area contributed by atoms with Crippen molar-refractivity contribution in [2.24, 2.45) is 52.3 Å². The lowest BCUT2D eigenvalue weighted by Crippen LogP contribution is -2.73. The van der Waals surface area contributed by atoms with Crippen LogP contribution in [-0.4, -0.2) is 309 Å². The maximum Gasteiger partial charge on any atom is 0.229 e. The smallest absolute Gasteiger partial charge is 0.229 e. The second-order valence-corrected chi connectivity index (χ2v) is 27.1. The van der Waals surface area contributed by atoms with Gasteiger partial charge < -0.3 is 149 Å². The largest absolute Gasteiger partial charge is 0.394 e. The van der Waals surface area contributed by atoms with Gasteiger partial charge in [-0.3, -0.25) is 0 Å². The SMILES string of the molecule is C[C@@H]1CC[C@@]2(OC1)O[C@H]1[C@@H](O)[C@H]3[C@@H]4CC[C@H]5C[C@@H](O[C@@H]6O[C@H](CO)[C@H](O[C@@H]7O[C@H](CO)[C@@H](O)[C@H](O[C@@H]8OC[C@@H](O)[C@H](O)[C@H]8O)[C@H]7O[C@@H]7O[C@H](CO)[C@H](O)[C@](O)(O[C@@H]8O[C@H](CO)[C@@H](O)[C@H](O)[C@H]8O)[C@H]7O)[C@H](O)[C@H]6O)[C@H](O)C[C@]5(C)[C@H]4CC[C@]3(C)[C@H]1[C@@H]2C. The molecule has 1 spiro atoms. The summed E-state index contributed by atoms with van der Waals surface area (Å²) in [6, 6.07) is 0. The highest BCUT2D eigenvalue weighted by atomic mass is 16.8. The van der Waals surface area contributed by atoms with Gasteiger partial charge >= 0.3 is 0 Å². The van der Waals surface area contributed by atoms with Gasteiger partial charge in [0.2, 0.25) is 5.79 Å². The van der Waals surface area contributed by atoms with Crippen LogP contribution in [0.15, 0.2) is 0 Å². The highest BCUT2D eigenvalue weighted by molar-refractivity contribution is 5.19. The van der Waals surface area contributed by atoms with Gasteiger partial charge in [0.05, 0.1) is 64.1 Å². The van der Waals surface area contributed by atoms with Crippen LogP contribution in [0.4, 0.5) is 0 Å². The van der Waals surface area contributed by atoms with E-state index < -0.39 is 204 Å². The lowest BCUT2D eigenvalue weighted by atomic mass is 9.44. The molecule has 7 saturated heterocycles. The third kappa shape index (κ3) is 11.1. The number of hydrogen-bond donors (Lipinski definition) is 18. The Morgan fingerprint density at radius 2 is 1.10 bits per heavy atom. The number of ether oxygens (including phenoxy) is 12. The quantitative estimate of drug-likeness (QED) is 0.0568. The van der Waals surface area contributed by atoms with E-state index in [1.165, 1.54) is 0 Å². The van der Waals surface area contributed by atoms with E-state index in [0.29, 0.717) is 25.4 Å². The lowest BCUT2D eigenvalue weighted by molar-refractivity contribution is -0.455. The molecule has 38 atom stereocenters. The fourth-order valence-electron chi connectivity index (χ4n) is 17.5. The average molecular weight is 1250 g/mol. The summed E-state index contributed by atoms with van der Waals surface area (Å²) >= 11 is 0. The number of aliphatic hydroxyl groups is 18. The third-order valence-electron chi connectivity index (χ3n) is 22.3. The molecule has 30 nitrogen and oxygen atoms in total.